The summed E-state index contributed by atoms with van der Waals surface area (Å²) in [6, 6.07) is 49.3. The van der Waals surface area contributed by atoms with Gasteiger partial charge in [0.15, 0.2) is 28.2 Å². The lowest BCUT2D eigenvalue weighted by molar-refractivity contribution is 0.437. The minimum Gasteiger partial charge on any atom is -0.366 e. The number of H-pyrrole nitrogens is 5. The Bertz CT molecular complexity index is 7200. The van der Waals surface area contributed by atoms with Gasteiger partial charge in [-0.05, 0) is 170 Å². The number of anilines is 5. The number of hydrogen-bond donors (Lipinski definition) is 10. The first-order valence-corrected chi connectivity index (χ1v) is 44.7. The normalized spacial score (nSPS) is 12.8. The number of rotatable bonds is 20. The van der Waals surface area contributed by atoms with E-state index in [1.807, 2.05) is 63.6 Å². The molecule has 0 amide bonds. The van der Waals surface area contributed by atoms with Crippen LogP contribution in [0.5, 0.6) is 0 Å². The largest absolute Gasteiger partial charge is 0.366 e. The molecule has 3 aromatic carbocycles. The van der Waals surface area contributed by atoms with E-state index < -0.39 is 0 Å². The maximum absolute atomic E-state index is 14.2. The van der Waals surface area contributed by atoms with Crippen molar-refractivity contribution in [3.8, 4) is 33.8 Å². The third-order valence-electron chi connectivity index (χ3n) is 21.2. The van der Waals surface area contributed by atoms with Crippen molar-refractivity contribution in [1.82, 2.24) is 97.9 Å². The van der Waals surface area contributed by atoms with Crippen LogP contribution in [0.25, 0.3) is 62.0 Å². The monoisotopic (exact) mass is 2020 g/mol. The molecule has 644 valence electrons. The Morgan fingerprint density at radius 2 is 0.622 bits per heavy atom. The second-order valence-corrected chi connectivity index (χ2v) is 34.2. The van der Waals surface area contributed by atoms with E-state index in [4.69, 9.17) is 15.0 Å². The number of nitrogens with zero attached hydrogens (tertiary/aromatic N) is 15. The molecule has 20 rings (SSSR count). The van der Waals surface area contributed by atoms with E-state index in [9.17, 15) is 32.8 Å². The molecule has 37 heteroatoms. The van der Waals surface area contributed by atoms with E-state index in [1.165, 1.54) is 101 Å². The van der Waals surface area contributed by atoms with Crippen LogP contribution in [-0.2, 0) is 32.7 Å². The molecule has 0 saturated heterocycles. The SMILES string of the molecule is O=c1cc(CNc2cc(-c3ccccc3F)nc3c(Br)cnn23)cc[nH]1.O=c1cc(CNc2cc(C3CCCCC3)nc3c(Br)cnn23)cc[nH]1.O=c1ccc(CNc2cc(-c3ccccc3)nc3c(Br)cnn23)c[nH]1.O=c1ccc(CNc2cc(-c3ccccc3F)nc3c(Br)cnn23)c[nH]1.O=c1ccc(CNc2cc(C3CCCCC3)nc3c(Br)cnn23)c[nH]1. The van der Waals surface area contributed by atoms with Gasteiger partial charge in [-0.3, -0.25) is 24.0 Å². The maximum Gasteiger partial charge on any atom is 0.248 e. The summed E-state index contributed by atoms with van der Waals surface area (Å²) in [7, 11) is 0. The molecule has 15 aromatic heterocycles. The summed E-state index contributed by atoms with van der Waals surface area (Å²) in [5.74, 6) is 4.28. The summed E-state index contributed by atoms with van der Waals surface area (Å²) in [6.07, 6.45) is 29.4. The van der Waals surface area contributed by atoms with Gasteiger partial charge in [0.1, 0.15) is 40.7 Å². The van der Waals surface area contributed by atoms with E-state index in [2.05, 4.69) is 179 Å². The summed E-state index contributed by atoms with van der Waals surface area (Å²) in [6.45, 7) is 2.60. The topological polar surface area (TPSA) is 375 Å². The van der Waals surface area contributed by atoms with Gasteiger partial charge in [-0.1, -0.05) is 111 Å². The number of aromatic nitrogens is 20. The number of benzene rings is 3. The first kappa shape index (κ1) is 87.3. The molecule has 15 heterocycles. The zero-order valence-corrected chi connectivity index (χ0v) is 75.5. The maximum atomic E-state index is 14.2. The average Bonchev–Trinajstić information content (AvgIpc) is 1.70. The Morgan fingerprint density at radius 3 is 0.953 bits per heavy atom. The molecule has 18 aromatic rings. The minimum absolute atomic E-state index is 0.0920. The van der Waals surface area contributed by atoms with Crippen LogP contribution in [0.3, 0.4) is 0 Å². The molecule has 30 nitrogen and oxygen atoms in total. The van der Waals surface area contributed by atoms with Crippen molar-refractivity contribution in [3.05, 3.63) is 357 Å². The molecule has 0 bridgehead atoms. The predicted octanol–water partition coefficient (Wildman–Crippen LogP) is 18.3. The summed E-state index contributed by atoms with van der Waals surface area (Å²) < 4.78 is 41.1. The molecule has 0 radical (unpaired) electrons. The van der Waals surface area contributed by atoms with Gasteiger partial charge >= 0.3 is 0 Å². The van der Waals surface area contributed by atoms with Gasteiger partial charge in [0.05, 0.1) is 70.4 Å². The third kappa shape index (κ3) is 21.7. The Labute approximate surface area is 763 Å². The van der Waals surface area contributed by atoms with Crippen molar-refractivity contribution in [2.45, 2.75) is 109 Å². The summed E-state index contributed by atoms with van der Waals surface area (Å²) in [5.41, 5.74) is 13.5. The number of fused-ring (bicyclic) bond motifs is 5. The van der Waals surface area contributed by atoms with Crippen LogP contribution in [0.15, 0.2) is 278 Å². The molecular formula is C90H80Br5F2N25O5. The van der Waals surface area contributed by atoms with Crippen LogP contribution in [-0.4, -0.2) is 97.9 Å². The molecule has 2 aliphatic carbocycles. The van der Waals surface area contributed by atoms with E-state index in [1.54, 1.807) is 142 Å². The van der Waals surface area contributed by atoms with Gasteiger partial charge in [-0.2, -0.15) is 48.1 Å². The number of halogens is 7. The first-order chi connectivity index (χ1) is 61.8. The van der Waals surface area contributed by atoms with Crippen molar-refractivity contribution in [1.29, 1.82) is 0 Å². The molecule has 2 aliphatic rings. The van der Waals surface area contributed by atoms with E-state index in [-0.39, 0.29) is 39.4 Å². The van der Waals surface area contributed by atoms with Gasteiger partial charge in [0, 0.05) is 164 Å². The lowest BCUT2D eigenvalue weighted by Crippen LogP contribution is -2.12. The van der Waals surface area contributed by atoms with Crippen LogP contribution in [0, 0.1) is 11.6 Å². The van der Waals surface area contributed by atoms with Crippen LogP contribution in [0.2, 0.25) is 0 Å². The van der Waals surface area contributed by atoms with Crippen molar-refractivity contribution in [2.75, 3.05) is 26.6 Å². The van der Waals surface area contributed by atoms with E-state index in [0.717, 1.165) is 98.3 Å². The van der Waals surface area contributed by atoms with Crippen LogP contribution < -0.4 is 54.4 Å². The summed E-state index contributed by atoms with van der Waals surface area (Å²) in [5, 5.41) is 38.5. The Kier molecular flexibility index (Phi) is 28.0. The average molecular weight is 2030 g/mol. The molecule has 0 aliphatic heterocycles. The molecule has 0 atom stereocenters. The molecule has 2 fully saturated rings. The van der Waals surface area contributed by atoms with Crippen LogP contribution >= 0.6 is 79.6 Å². The van der Waals surface area contributed by atoms with Gasteiger partial charge < -0.3 is 51.5 Å². The smallest absolute Gasteiger partial charge is 0.248 e. The zero-order valence-electron chi connectivity index (χ0n) is 67.6. The molecule has 0 spiro atoms. The fraction of sp³-hybridized carbons (Fsp3) is 0.189. The van der Waals surface area contributed by atoms with Crippen LogP contribution in [0.1, 0.15) is 115 Å². The number of hydrogen-bond acceptors (Lipinski definition) is 20. The van der Waals surface area contributed by atoms with Gasteiger partial charge in [-0.15, -0.1) is 0 Å². The van der Waals surface area contributed by atoms with Crippen LogP contribution in [0.4, 0.5) is 37.9 Å². The summed E-state index contributed by atoms with van der Waals surface area (Å²) >= 11 is 17.4. The van der Waals surface area contributed by atoms with Crippen molar-refractivity contribution in [2.24, 2.45) is 0 Å². The van der Waals surface area contributed by atoms with E-state index in [0.29, 0.717) is 98.9 Å². The lowest BCUT2D eigenvalue weighted by Gasteiger charge is -2.22. The highest BCUT2D eigenvalue weighted by Crippen LogP contribution is 2.38. The highest BCUT2D eigenvalue weighted by atomic mass is 79.9. The number of aromatic amines is 5. The van der Waals surface area contributed by atoms with Gasteiger partial charge in [-0.25, -0.2) is 33.7 Å². The predicted molar refractivity (Wildman–Crippen MR) is 503 cm³/mol. The molecular weight excluding hydrogens is 1950 g/mol. The third-order valence-corrected chi connectivity index (χ3v) is 24.0. The van der Waals surface area contributed by atoms with Gasteiger partial charge in [0.2, 0.25) is 27.8 Å². The highest BCUT2D eigenvalue weighted by molar-refractivity contribution is 9.11. The lowest BCUT2D eigenvalue weighted by atomic mass is 9.87. The minimum atomic E-state index is -0.347. The molecule has 127 heavy (non-hydrogen) atoms. The zero-order chi connectivity index (χ0) is 87.9. The fourth-order valence-corrected chi connectivity index (χ4v) is 16.5. The molecule has 0 unspecified atom stereocenters. The van der Waals surface area contributed by atoms with Crippen molar-refractivity contribution in [3.63, 3.8) is 0 Å². The summed E-state index contributed by atoms with van der Waals surface area (Å²) in [4.78, 5) is 93.1. The fourth-order valence-electron chi connectivity index (χ4n) is 14.8. The standard InChI is InChI=1S/2C18H13BrFN5O.C18H20BrN5O.C18H14BrN5O.C18H20BrN5O/c19-13-10-23-25-16(21-8-11-5-6-17(26)22-9-11)7-15(24-18(13)25)12-3-1-2-4-14(12)20;19-13-10-23-25-16(22-9-11-5-6-21-17(26)7-11)8-15(24-18(13)25)12-3-1-2-4-14(12)20;2*19-14-11-22-24-16(20-9-12-6-7-17(25)21-10-12)8-15(23-18(14)24)13-4-2-1-3-5-13;19-14-11-22-24-16(21-10-12-6-7-20-17(25)8-12)9-15(23-18(14)24)13-4-2-1-3-5-13/h1-7,9-10,21H,8H2,(H,22,26);1-8,10,22H,9H2,(H,21,26);6-8,10-11,13,20H,1-5,9H2,(H,21,25);1-8,10-11,20H,9H2,(H,21,25);6-9,11,13,21H,1-5,10H2,(H,20,25). The first-order valence-electron chi connectivity index (χ1n) is 40.7. The molecule has 2 saturated carbocycles. The number of pyridine rings is 5. The molecule has 10 N–H and O–H groups in total. The number of nitrogens with one attached hydrogen (secondary N) is 10. The highest BCUT2D eigenvalue weighted by Gasteiger charge is 2.24. The van der Waals surface area contributed by atoms with E-state index >= 15 is 0 Å². The van der Waals surface area contributed by atoms with Crippen molar-refractivity contribution >= 4 is 137 Å². The Hall–Kier alpha value is -13.2. The van der Waals surface area contributed by atoms with Gasteiger partial charge in [0.25, 0.3) is 0 Å². The second-order valence-electron chi connectivity index (χ2n) is 29.9. The quantitative estimate of drug-likeness (QED) is 0.0339. The second kappa shape index (κ2) is 40.8. The Morgan fingerprint density at radius 1 is 0.315 bits per heavy atom. The Balaban J connectivity index is 0.000000117. The van der Waals surface area contributed by atoms with Crippen molar-refractivity contribution < 1.29 is 8.78 Å².